The van der Waals surface area contributed by atoms with Gasteiger partial charge in [0.1, 0.15) is 0 Å². The molecule has 5 heteroatoms. The first-order valence-electron chi connectivity index (χ1n) is 7.80. The van der Waals surface area contributed by atoms with Gasteiger partial charge in [-0.2, -0.15) is 0 Å². The van der Waals surface area contributed by atoms with Crippen LogP contribution >= 0.6 is 0 Å². The van der Waals surface area contributed by atoms with E-state index in [2.05, 4.69) is 33.2 Å². The van der Waals surface area contributed by atoms with Gasteiger partial charge in [0.15, 0.2) is 0 Å². The van der Waals surface area contributed by atoms with Gasteiger partial charge in [-0.25, -0.2) is 0 Å². The van der Waals surface area contributed by atoms with Crippen molar-refractivity contribution in [2.24, 2.45) is 0 Å². The highest BCUT2D eigenvalue weighted by Gasteiger charge is 2.14. The summed E-state index contributed by atoms with van der Waals surface area (Å²) >= 11 is 0. The number of aromatic nitrogens is 1. The van der Waals surface area contributed by atoms with Gasteiger partial charge in [0.2, 0.25) is 5.91 Å². The molecule has 2 rings (SSSR count). The van der Waals surface area contributed by atoms with Crippen LogP contribution in [0.1, 0.15) is 18.4 Å². The van der Waals surface area contributed by atoms with E-state index in [0.29, 0.717) is 6.54 Å². The average Bonchev–Trinajstić information content (AvgIpc) is 2.70. The lowest BCUT2D eigenvalue weighted by Gasteiger charge is -2.19. The van der Waals surface area contributed by atoms with Crippen molar-refractivity contribution in [3.05, 3.63) is 30.1 Å². The topological polar surface area (TPSA) is 48.5 Å². The Balaban J connectivity index is 1.59. The Bertz CT molecular complexity index is 424. The van der Waals surface area contributed by atoms with Gasteiger partial charge >= 0.3 is 0 Å². The molecule has 1 saturated heterocycles. The quantitative estimate of drug-likeness (QED) is 0.786. The minimum absolute atomic E-state index is 0.144. The molecule has 116 valence electrons. The zero-order valence-electron chi connectivity index (χ0n) is 12.9. The summed E-state index contributed by atoms with van der Waals surface area (Å²) in [5.41, 5.74) is 1.22. The van der Waals surface area contributed by atoms with Crippen LogP contribution in [0.3, 0.4) is 0 Å². The number of nitrogens with one attached hydrogen (secondary N) is 1. The molecule has 1 aromatic heterocycles. The summed E-state index contributed by atoms with van der Waals surface area (Å²) in [4.78, 5) is 20.6. The number of carbonyl (C=O) groups is 1. The molecule has 0 bridgehead atoms. The predicted molar refractivity (Wildman–Crippen MR) is 84.1 cm³/mol. The van der Waals surface area contributed by atoms with E-state index >= 15 is 0 Å². The van der Waals surface area contributed by atoms with Gasteiger partial charge in [0, 0.05) is 32.0 Å². The van der Waals surface area contributed by atoms with Gasteiger partial charge < -0.3 is 10.2 Å². The van der Waals surface area contributed by atoms with Crippen molar-refractivity contribution in [2.75, 3.05) is 46.3 Å². The van der Waals surface area contributed by atoms with E-state index in [9.17, 15) is 4.79 Å². The van der Waals surface area contributed by atoms with E-state index in [4.69, 9.17) is 0 Å². The third kappa shape index (κ3) is 6.23. The maximum absolute atomic E-state index is 11.9. The van der Waals surface area contributed by atoms with Crippen molar-refractivity contribution >= 4 is 5.91 Å². The number of nitrogens with zero attached hydrogens (tertiary/aromatic N) is 3. The largest absolute Gasteiger partial charge is 0.355 e. The summed E-state index contributed by atoms with van der Waals surface area (Å²) < 4.78 is 0. The van der Waals surface area contributed by atoms with E-state index in [1.165, 1.54) is 5.56 Å². The Morgan fingerprint density at radius 1 is 1.33 bits per heavy atom. The fourth-order valence-electron chi connectivity index (χ4n) is 2.58. The standard InChI is InChI=1S/C16H26N4O/c1-19-9-4-10-20(12-11-19)14-16(21)18-8-3-6-15-5-2-7-17-13-15/h2,5,7,13H,3-4,6,8-12,14H2,1H3,(H,18,21). The highest BCUT2D eigenvalue weighted by atomic mass is 16.2. The lowest BCUT2D eigenvalue weighted by molar-refractivity contribution is -0.122. The minimum atomic E-state index is 0.144. The third-order valence-electron chi connectivity index (χ3n) is 3.87. The second-order valence-electron chi connectivity index (χ2n) is 5.75. The number of hydrogen-bond donors (Lipinski definition) is 1. The summed E-state index contributed by atoms with van der Waals surface area (Å²) in [7, 11) is 2.14. The zero-order chi connectivity index (χ0) is 14.9. The molecule has 0 aliphatic carbocycles. The van der Waals surface area contributed by atoms with Gasteiger partial charge in [0.05, 0.1) is 6.54 Å². The minimum Gasteiger partial charge on any atom is -0.355 e. The Labute approximate surface area is 127 Å². The molecule has 0 spiro atoms. The van der Waals surface area contributed by atoms with Crippen LogP contribution in [0.5, 0.6) is 0 Å². The molecular weight excluding hydrogens is 264 g/mol. The van der Waals surface area contributed by atoms with E-state index in [1.54, 1.807) is 6.20 Å². The number of pyridine rings is 1. The fraction of sp³-hybridized carbons (Fsp3) is 0.625. The molecule has 5 nitrogen and oxygen atoms in total. The molecule has 0 unspecified atom stereocenters. The SMILES string of the molecule is CN1CCCN(CC(=O)NCCCc2cccnc2)CC1. The van der Waals surface area contributed by atoms with Crippen LogP contribution < -0.4 is 5.32 Å². The fourth-order valence-corrected chi connectivity index (χ4v) is 2.58. The molecular formula is C16H26N4O. The highest BCUT2D eigenvalue weighted by Crippen LogP contribution is 2.01. The average molecular weight is 290 g/mol. The van der Waals surface area contributed by atoms with Crippen LogP contribution in [-0.4, -0.2) is 67.0 Å². The second-order valence-corrected chi connectivity index (χ2v) is 5.75. The molecule has 0 atom stereocenters. The lowest BCUT2D eigenvalue weighted by Crippen LogP contribution is -2.39. The first-order chi connectivity index (χ1) is 10.2. The number of carbonyl (C=O) groups excluding carboxylic acids is 1. The molecule has 0 aromatic carbocycles. The Morgan fingerprint density at radius 3 is 3.05 bits per heavy atom. The number of amides is 1. The van der Waals surface area contributed by atoms with Crippen LogP contribution in [0.4, 0.5) is 0 Å². The summed E-state index contributed by atoms with van der Waals surface area (Å²) in [5.74, 6) is 0.144. The van der Waals surface area contributed by atoms with Crippen molar-refractivity contribution in [1.82, 2.24) is 20.1 Å². The van der Waals surface area contributed by atoms with Crippen molar-refractivity contribution in [1.29, 1.82) is 0 Å². The van der Waals surface area contributed by atoms with Crippen LogP contribution in [0.15, 0.2) is 24.5 Å². The maximum atomic E-state index is 11.9. The Hall–Kier alpha value is -1.46. The Morgan fingerprint density at radius 2 is 2.24 bits per heavy atom. The van der Waals surface area contributed by atoms with Gasteiger partial charge in [-0.3, -0.25) is 14.7 Å². The second kappa shape index (κ2) is 8.74. The van der Waals surface area contributed by atoms with Crippen molar-refractivity contribution < 1.29 is 4.79 Å². The summed E-state index contributed by atoms with van der Waals surface area (Å²) in [6.45, 7) is 5.45. The van der Waals surface area contributed by atoms with Crippen molar-refractivity contribution in [3.63, 3.8) is 0 Å². The molecule has 1 aliphatic rings. The number of likely N-dealkylation sites (N-methyl/N-ethyl adjacent to an activating group) is 1. The van der Waals surface area contributed by atoms with Crippen molar-refractivity contribution in [2.45, 2.75) is 19.3 Å². The molecule has 1 aromatic rings. The normalized spacial score (nSPS) is 17.4. The molecule has 21 heavy (non-hydrogen) atoms. The molecule has 1 fully saturated rings. The number of rotatable bonds is 6. The van der Waals surface area contributed by atoms with Gasteiger partial charge in [0.25, 0.3) is 0 Å². The van der Waals surface area contributed by atoms with Crippen LogP contribution in [0, 0.1) is 0 Å². The molecule has 0 radical (unpaired) electrons. The molecule has 1 aliphatic heterocycles. The first kappa shape index (κ1) is 15.9. The highest BCUT2D eigenvalue weighted by molar-refractivity contribution is 5.77. The number of hydrogen-bond acceptors (Lipinski definition) is 4. The van der Waals surface area contributed by atoms with Gasteiger partial charge in [-0.1, -0.05) is 6.07 Å². The van der Waals surface area contributed by atoms with Gasteiger partial charge in [-0.15, -0.1) is 0 Å². The summed E-state index contributed by atoms with van der Waals surface area (Å²) in [5, 5.41) is 3.02. The third-order valence-corrected chi connectivity index (χ3v) is 3.87. The number of aryl methyl sites for hydroxylation is 1. The van der Waals surface area contributed by atoms with E-state index < -0.39 is 0 Å². The van der Waals surface area contributed by atoms with Crippen molar-refractivity contribution in [3.8, 4) is 0 Å². The molecule has 1 N–H and O–H groups in total. The monoisotopic (exact) mass is 290 g/mol. The van der Waals surface area contributed by atoms with E-state index in [0.717, 1.165) is 52.0 Å². The zero-order valence-corrected chi connectivity index (χ0v) is 12.9. The van der Waals surface area contributed by atoms with Gasteiger partial charge in [-0.05, 0) is 51.0 Å². The smallest absolute Gasteiger partial charge is 0.234 e. The summed E-state index contributed by atoms with van der Waals surface area (Å²) in [6.07, 6.45) is 6.73. The predicted octanol–water partition coefficient (Wildman–Crippen LogP) is 0.768. The molecule has 1 amide bonds. The Kier molecular flexibility index (Phi) is 6.63. The summed E-state index contributed by atoms with van der Waals surface area (Å²) in [6, 6.07) is 4.02. The van der Waals surface area contributed by atoms with Crippen LogP contribution in [-0.2, 0) is 11.2 Å². The lowest BCUT2D eigenvalue weighted by atomic mass is 10.1. The van der Waals surface area contributed by atoms with Crippen LogP contribution in [0.2, 0.25) is 0 Å². The van der Waals surface area contributed by atoms with E-state index in [-0.39, 0.29) is 5.91 Å². The maximum Gasteiger partial charge on any atom is 0.234 e. The van der Waals surface area contributed by atoms with Crippen LogP contribution in [0.25, 0.3) is 0 Å². The molecule has 0 saturated carbocycles. The van der Waals surface area contributed by atoms with E-state index in [1.807, 2.05) is 12.3 Å². The first-order valence-corrected chi connectivity index (χ1v) is 7.80. The molecule has 2 heterocycles.